The number of hydrogen-bond donors (Lipinski definition) is 0. The second-order valence-corrected chi connectivity index (χ2v) is 0.731. The van der Waals surface area contributed by atoms with Crippen LogP contribution in [-0.4, -0.2) is 23.1 Å². The van der Waals surface area contributed by atoms with Crippen molar-refractivity contribution in [3.8, 4) is 0 Å². The molecule has 1 rings (SSSR count). The van der Waals surface area contributed by atoms with E-state index in [9.17, 15) is 0 Å². The van der Waals surface area contributed by atoms with Crippen molar-refractivity contribution in [1.82, 2.24) is 0 Å². The Hall–Kier alpha value is 0.336. The fourth-order valence-electron chi connectivity index (χ4n) is 0.196. The van der Waals surface area contributed by atoms with Crippen LogP contribution >= 0.6 is 0 Å². The van der Waals surface area contributed by atoms with Gasteiger partial charge in [-0.25, -0.2) is 0 Å². The molecule has 0 spiro atoms. The van der Waals surface area contributed by atoms with Crippen molar-refractivity contribution >= 4 is 23.1 Å². The molecule has 0 aliphatic heterocycles. The minimum absolute atomic E-state index is 0. The Morgan fingerprint density at radius 2 is 2.14 bits per heavy atom. The Labute approximate surface area is 64.6 Å². The molecule has 0 amide bonds. The zero-order chi connectivity index (χ0) is 3.54. The third kappa shape index (κ3) is 4.18. The summed E-state index contributed by atoms with van der Waals surface area (Å²) < 4.78 is 4.46. The van der Waals surface area contributed by atoms with Crippen LogP contribution < -0.4 is 12.4 Å². The summed E-state index contributed by atoms with van der Waals surface area (Å²) in [6.07, 6.45) is 4.06. The predicted molar refractivity (Wildman–Crippen MR) is 23.3 cm³/mol. The molecule has 0 atom stereocenters. The molecule has 0 fully saturated rings. The fourth-order valence-corrected chi connectivity index (χ4v) is 0.196. The first-order valence-electron chi connectivity index (χ1n) is 1.40. The molecule has 1 heterocycles. The van der Waals surface area contributed by atoms with E-state index in [0.29, 0.717) is 0 Å². The van der Waals surface area contributed by atoms with Crippen LogP contribution in [-0.2, 0) is 0 Å². The molecular weight excluding hydrogens is 124 g/mol. The van der Waals surface area contributed by atoms with Gasteiger partial charge in [0.05, 0.1) is 0 Å². The maximum absolute atomic E-state index is 4.46. The summed E-state index contributed by atoms with van der Waals surface area (Å²) in [7, 11) is 0. The summed E-state index contributed by atoms with van der Waals surface area (Å²) >= 11 is 0. The van der Waals surface area contributed by atoms with Crippen molar-refractivity contribution in [2.75, 3.05) is 0 Å². The topological polar surface area (TPSA) is 13.1 Å². The van der Waals surface area contributed by atoms with Crippen LogP contribution in [0.15, 0.2) is 22.8 Å². The molecule has 0 radical (unpaired) electrons. The number of furan rings is 1. The number of halogens is 1. The van der Waals surface area contributed by atoms with Crippen LogP contribution in [0.2, 0.25) is 0 Å². The Balaban J connectivity index is 0. The summed E-state index contributed by atoms with van der Waals surface area (Å²) in [5.41, 5.74) is 0. The summed E-state index contributed by atoms with van der Waals surface area (Å²) in [5, 5.41) is 0. The van der Waals surface area contributed by atoms with Gasteiger partial charge in [0.15, 0.2) is 0 Å². The van der Waals surface area contributed by atoms with Gasteiger partial charge in [0.1, 0.15) is 0 Å². The normalized spacial score (nSPS) is 5.71. The SMILES string of the molecule is [Cl-].[Mg+2].[c-]1ccco1. The first-order chi connectivity index (χ1) is 2.50. The molecule has 0 bridgehead atoms. The summed E-state index contributed by atoms with van der Waals surface area (Å²) in [5.74, 6) is 0. The second-order valence-electron chi connectivity index (χ2n) is 0.731. The van der Waals surface area contributed by atoms with Gasteiger partial charge < -0.3 is 16.8 Å². The third-order valence-corrected chi connectivity index (χ3v) is 0.379. The Morgan fingerprint density at radius 1 is 1.43 bits per heavy atom. The van der Waals surface area contributed by atoms with Crippen LogP contribution in [0.5, 0.6) is 0 Å². The maximum Gasteiger partial charge on any atom is 2.00 e. The summed E-state index contributed by atoms with van der Waals surface area (Å²) in [4.78, 5) is 0. The molecule has 0 saturated carbocycles. The van der Waals surface area contributed by atoms with E-state index < -0.39 is 0 Å². The van der Waals surface area contributed by atoms with Gasteiger partial charge in [-0.15, -0.1) is 6.07 Å². The number of rotatable bonds is 0. The zero-order valence-corrected chi connectivity index (χ0v) is 5.90. The molecular formula is C4H3ClMgO. The van der Waals surface area contributed by atoms with E-state index in [0.717, 1.165) is 0 Å². The zero-order valence-electron chi connectivity index (χ0n) is 3.73. The van der Waals surface area contributed by atoms with E-state index >= 15 is 0 Å². The van der Waals surface area contributed by atoms with Crippen molar-refractivity contribution in [2.45, 2.75) is 0 Å². The molecule has 1 aromatic heterocycles. The van der Waals surface area contributed by atoms with Gasteiger partial charge in [0.25, 0.3) is 0 Å². The first-order valence-corrected chi connectivity index (χ1v) is 1.40. The van der Waals surface area contributed by atoms with E-state index in [-0.39, 0.29) is 35.5 Å². The van der Waals surface area contributed by atoms with Crippen molar-refractivity contribution in [3.05, 3.63) is 24.7 Å². The molecule has 0 aliphatic rings. The minimum Gasteiger partial charge on any atom is -1.00 e. The van der Waals surface area contributed by atoms with E-state index in [1.165, 1.54) is 0 Å². The van der Waals surface area contributed by atoms with Gasteiger partial charge in [-0.3, -0.25) is 0 Å². The minimum atomic E-state index is 0. The quantitative estimate of drug-likeness (QED) is 0.282. The van der Waals surface area contributed by atoms with E-state index in [4.69, 9.17) is 0 Å². The first kappa shape index (κ1) is 10.3. The summed E-state index contributed by atoms with van der Waals surface area (Å²) in [6, 6.07) is 3.49. The van der Waals surface area contributed by atoms with Gasteiger partial charge in [-0.2, -0.15) is 6.07 Å². The summed E-state index contributed by atoms with van der Waals surface area (Å²) in [6.45, 7) is 0. The molecule has 1 nitrogen and oxygen atoms in total. The van der Waals surface area contributed by atoms with E-state index in [2.05, 4.69) is 10.7 Å². The molecule has 0 aliphatic carbocycles. The second kappa shape index (κ2) is 6.34. The van der Waals surface area contributed by atoms with Crippen LogP contribution in [0.4, 0.5) is 0 Å². The van der Waals surface area contributed by atoms with Gasteiger partial charge in [-0.1, -0.05) is 6.26 Å². The van der Waals surface area contributed by atoms with Gasteiger partial charge in [0, 0.05) is 0 Å². The average Bonchev–Trinajstić information content (AvgIpc) is 1.76. The Bertz CT molecular complexity index is 68.2. The van der Waals surface area contributed by atoms with Crippen molar-refractivity contribution in [2.24, 2.45) is 0 Å². The Kier molecular flexibility index (Phi) is 9.36. The molecule has 0 unspecified atom stereocenters. The van der Waals surface area contributed by atoms with Crippen molar-refractivity contribution < 1.29 is 16.8 Å². The van der Waals surface area contributed by atoms with Crippen LogP contribution in [0.3, 0.4) is 0 Å². The fraction of sp³-hybridized carbons (Fsp3) is 0. The van der Waals surface area contributed by atoms with E-state index in [1.807, 2.05) is 0 Å². The smallest absolute Gasteiger partial charge is 1.00 e. The average molecular weight is 127 g/mol. The van der Waals surface area contributed by atoms with Crippen LogP contribution in [0.1, 0.15) is 0 Å². The number of hydrogen-bond acceptors (Lipinski definition) is 1. The van der Waals surface area contributed by atoms with E-state index in [1.54, 1.807) is 18.4 Å². The molecule has 1 aromatic rings. The standard InChI is InChI=1S/C4H3O.ClH.Mg/c1-2-4-5-3-1;;/h1-3H;1H;/q-1;;+2/p-1. The molecule has 7 heavy (non-hydrogen) atoms. The van der Waals surface area contributed by atoms with Crippen molar-refractivity contribution in [3.63, 3.8) is 0 Å². The van der Waals surface area contributed by atoms with Gasteiger partial charge in [0.2, 0.25) is 0 Å². The molecule has 34 valence electrons. The molecule has 0 N–H and O–H groups in total. The van der Waals surface area contributed by atoms with Gasteiger partial charge >= 0.3 is 23.1 Å². The third-order valence-electron chi connectivity index (χ3n) is 0.379. The van der Waals surface area contributed by atoms with Gasteiger partial charge in [-0.05, 0) is 6.26 Å². The maximum atomic E-state index is 4.46. The molecule has 0 aromatic carbocycles. The van der Waals surface area contributed by atoms with Crippen molar-refractivity contribution in [1.29, 1.82) is 0 Å². The van der Waals surface area contributed by atoms with Crippen LogP contribution in [0.25, 0.3) is 0 Å². The van der Waals surface area contributed by atoms with Crippen LogP contribution in [0, 0.1) is 6.26 Å². The monoisotopic (exact) mass is 126 g/mol. The molecule has 0 saturated heterocycles. The Morgan fingerprint density at radius 3 is 2.29 bits per heavy atom. The molecule has 3 heteroatoms. The predicted octanol–water partition coefficient (Wildman–Crippen LogP) is -2.30. The largest absolute Gasteiger partial charge is 2.00 e.